The van der Waals surface area contributed by atoms with Gasteiger partial charge in [-0.2, -0.15) is 0 Å². The zero-order valence-electron chi connectivity index (χ0n) is 8.92. The van der Waals surface area contributed by atoms with Gasteiger partial charge in [0.25, 0.3) is 0 Å². The predicted octanol–water partition coefficient (Wildman–Crippen LogP) is 2.12. The van der Waals surface area contributed by atoms with Crippen LogP contribution in [0.15, 0.2) is 18.2 Å². The minimum atomic E-state index is 0.214. The molecule has 2 nitrogen and oxygen atoms in total. The van der Waals surface area contributed by atoms with Gasteiger partial charge >= 0.3 is 0 Å². The molecule has 1 unspecified atom stereocenters. The van der Waals surface area contributed by atoms with Crippen molar-refractivity contribution < 1.29 is 4.79 Å². The Labute approximate surface area is 89.7 Å². The van der Waals surface area contributed by atoms with Crippen molar-refractivity contribution >= 4 is 5.91 Å². The summed E-state index contributed by atoms with van der Waals surface area (Å²) in [5.74, 6) is 0.852. The van der Waals surface area contributed by atoms with Gasteiger partial charge in [-0.05, 0) is 36.8 Å². The quantitative estimate of drug-likeness (QED) is 0.684. The number of amides is 1. The molecule has 78 valence electrons. The standard InChI is InChI=1S/C13H15NO/c1-8-2-3-9-7-10-4-5-12(15)14-13(10)11(9)6-8/h2-3,6,10,13H,4-5,7H2,1H3,(H,14,15)/t10?,13-/m0/s1. The third kappa shape index (κ3) is 1.36. The number of benzene rings is 1. The minimum Gasteiger partial charge on any atom is -0.349 e. The van der Waals surface area contributed by atoms with Gasteiger partial charge in [-0.1, -0.05) is 23.8 Å². The van der Waals surface area contributed by atoms with E-state index in [1.165, 1.54) is 16.7 Å². The zero-order valence-corrected chi connectivity index (χ0v) is 8.92. The lowest BCUT2D eigenvalue weighted by molar-refractivity contribution is -0.124. The molecule has 1 aliphatic carbocycles. The number of aryl methyl sites for hydroxylation is 1. The summed E-state index contributed by atoms with van der Waals surface area (Å²) < 4.78 is 0. The molecule has 2 atom stereocenters. The fraction of sp³-hybridized carbons (Fsp3) is 0.462. The first-order chi connectivity index (χ1) is 7.24. The fourth-order valence-electron chi connectivity index (χ4n) is 2.87. The van der Waals surface area contributed by atoms with E-state index in [1.54, 1.807) is 0 Å². The summed E-state index contributed by atoms with van der Waals surface area (Å²) in [7, 11) is 0. The Kier molecular flexibility index (Phi) is 1.84. The summed E-state index contributed by atoms with van der Waals surface area (Å²) in [4.78, 5) is 11.4. The average molecular weight is 201 g/mol. The molecule has 0 saturated carbocycles. The summed E-state index contributed by atoms with van der Waals surface area (Å²) in [5.41, 5.74) is 4.07. The van der Waals surface area contributed by atoms with Crippen LogP contribution < -0.4 is 5.32 Å². The van der Waals surface area contributed by atoms with Crippen molar-refractivity contribution in [1.29, 1.82) is 0 Å². The van der Waals surface area contributed by atoms with E-state index < -0.39 is 0 Å². The lowest BCUT2D eigenvalue weighted by Crippen LogP contribution is -2.36. The lowest BCUT2D eigenvalue weighted by Gasteiger charge is -2.26. The molecule has 1 aliphatic heterocycles. The first kappa shape index (κ1) is 8.96. The van der Waals surface area contributed by atoms with E-state index in [4.69, 9.17) is 0 Å². The maximum absolute atomic E-state index is 11.4. The van der Waals surface area contributed by atoms with Crippen LogP contribution in [0.4, 0.5) is 0 Å². The highest BCUT2D eigenvalue weighted by Gasteiger charge is 2.36. The van der Waals surface area contributed by atoms with Crippen molar-refractivity contribution in [2.45, 2.75) is 32.2 Å². The average Bonchev–Trinajstić information content (AvgIpc) is 2.56. The van der Waals surface area contributed by atoms with Crippen molar-refractivity contribution in [3.8, 4) is 0 Å². The highest BCUT2D eigenvalue weighted by molar-refractivity contribution is 5.77. The van der Waals surface area contributed by atoms with E-state index >= 15 is 0 Å². The monoisotopic (exact) mass is 201 g/mol. The van der Waals surface area contributed by atoms with Gasteiger partial charge in [0.2, 0.25) is 5.91 Å². The topological polar surface area (TPSA) is 29.1 Å². The molecule has 0 aromatic heterocycles. The van der Waals surface area contributed by atoms with E-state index in [2.05, 4.69) is 30.4 Å². The first-order valence-electron chi connectivity index (χ1n) is 5.63. The van der Waals surface area contributed by atoms with Gasteiger partial charge in [-0.3, -0.25) is 4.79 Å². The molecule has 1 amide bonds. The van der Waals surface area contributed by atoms with E-state index in [-0.39, 0.29) is 5.91 Å². The molecular formula is C13H15NO. The number of rotatable bonds is 0. The molecule has 0 spiro atoms. The van der Waals surface area contributed by atoms with Gasteiger partial charge in [-0.25, -0.2) is 0 Å². The summed E-state index contributed by atoms with van der Waals surface area (Å²) in [6, 6.07) is 6.90. The number of fused-ring (bicyclic) bond motifs is 3. The second-order valence-corrected chi connectivity index (χ2v) is 4.75. The molecule has 2 aliphatic rings. The number of hydrogen-bond donors (Lipinski definition) is 1. The molecule has 1 aromatic rings. The Morgan fingerprint density at radius 1 is 1.40 bits per heavy atom. The van der Waals surface area contributed by atoms with Crippen molar-refractivity contribution in [3.05, 3.63) is 34.9 Å². The van der Waals surface area contributed by atoms with Crippen LogP contribution in [-0.2, 0) is 11.2 Å². The SMILES string of the molecule is Cc1ccc2c(c1)[C@H]1NC(=O)CCC1C2. The fourth-order valence-corrected chi connectivity index (χ4v) is 2.87. The molecule has 1 fully saturated rings. The number of carbonyl (C=O) groups excluding carboxylic acids is 1. The van der Waals surface area contributed by atoms with Gasteiger partial charge in [0.05, 0.1) is 6.04 Å². The summed E-state index contributed by atoms with van der Waals surface area (Å²) in [6.45, 7) is 2.11. The molecule has 3 rings (SSSR count). The smallest absolute Gasteiger partial charge is 0.220 e. The molecule has 15 heavy (non-hydrogen) atoms. The highest BCUT2D eigenvalue weighted by Crippen LogP contribution is 2.40. The normalized spacial score (nSPS) is 28.2. The Morgan fingerprint density at radius 2 is 2.27 bits per heavy atom. The van der Waals surface area contributed by atoms with Crippen LogP contribution in [0.5, 0.6) is 0 Å². The second-order valence-electron chi connectivity index (χ2n) is 4.75. The van der Waals surface area contributed by atoms with Crippen LogP contribution in [0.3, 0.4) is 0 Å². The largest absolute Gasteiger partial charge is 0.349 e. The van der Waals surface area contributed by atoms with E-state index in [0.717, 1.165) is 12.8 Å². The summed E-state index contributed by atoms with van der Waals surface area (Å²) >= 11 is 0. The third-order valence-electron chi connectivity index (χ3n) is 3.65. The van der Waals surface area contributed by atoms with E-state index in [9.17, 15) is 4.79 Å². The molecular weight excluding hydrogens is 186 g/mol. The second kappa shape index (κ2) is 3.09. The van der Waals surface area contributed by atoms with E-state index in [1.807, 2.05) is 0 Å². The van der Waals surface area contributed by atoms with Crippen LogP contribution in [0.1, 0.15) is 35.6 Å². The molecule has 0 radical (unpaired) electrons. The molecule has 1 saturated heterocycles. The van der Waals surface area contributed by atoms with Crippen molar-refractivity contribution in [3.63, 3.8) is 0 Å². The van der Waals surface area contributed by atoms with Crippen LogP contribution in [-0.4, -0.2) is 5.91 Å². The molecule has 1 heterocycles. The Balaban J connectivity index is 2.02. The van der Waals surface area contributed by atoms with Gasteiger partial charge in [-0.15, -0.1) is 0 Å². The van der Waals surface area contributed by atoms with Gasteiger partial charge in [0, 0.05) is 6.42 Å². The van der Waals surface area contributed by atoms with E-state index in [0.29, 0.717) is 18.4 Å². The zero-order chi connectivity index (χ0) is 10.4. The Bertz CT molecular complexity index is 425. The van der Waals surface area contributed by atoms with Crippen LogP contribution in [0.2, 0.25) is 0 Å². The molecule has 1 aromatic carbocycles. The summed E-state index contributed by atoms with van der Waals surface area (Å²) in [6.07, 6.45) is 2.89. The number of hydrogen-bond acceptors (Lipinski definition) is 1. The Morgan fingerprint density at radius 3 is 3.13 bits per heavy atom. The number of nitrogens with one attached hydrogen (secondary N) is 1. The van der Waals surface area contributed by atoms with Gasteiger partial charge < -0.3 is 5.32 Å². The first-order valence-corrected chi connectivity index (χ1v) is 5.63. The summed E-state index contributed by atoms with van der Waals surface area (Å²) in [5, 5.41) is 3.12. The Hall–Kier alpha value is -1.31. The van der Waals surface area contributed by atoms with Gasteiger partial charge in [0.15, 0.2) is 0 Å². The maximum Gasteiger partial charge on any atom is 0.220 e. The number of piperidine rings is 1. The number of carbonyl (C=O) groups is 1. The van der Waals surface area contributed by atoms with Crippen molar-refractivity contribution in [2.24, 2.45) is 5.92 Å². The maximum atomic E-state index is 11.4. The predicted molar refractivity (Wildman–Crippen MR) is 58.5 cm³/mol. The lowest BCUT2D eigenvalue weighted by atomic mass is 9.91. The molecule has 2 heteroatoms. The van der Waals surface area contributed by atoms with Crippen LogP contribution in [0.25, 0.3) is 0 Å². The van der Waals surface area contributed by atoms with Crippen molar-refractivity contribution in [2.75, 3.05) is 0 Å². The molecule has 1 N–H and O–H groups in total. The highest BCUT2D eigenvalue weighted by atomic mass is 16.1. The van der Waals surface area contributed by atoms with Gasteiger partial charge in [0.1, 0.15) is 0 Å². The third-order valence-corrected chi connectivity index (χ3v) is 3.65. The molecule has 0 bridgehead atoms. The van der Waals surface area contributed by atoms with Crippen molar-refractivity contribution in [1.82, 2.24) is 5.32 Å². The van der Waals surface area contributed by atoms with Crippen LogP contribution >= 0.6 is 0 Å². The minimum absolute atomic E-state index is 0.214. The van der Waals surface area contributed by atoms with Crippen LogP contribution in [0, 0.1) is 12.8 Å².